The van der Waals surface area contributed by atoms with Gasteiger partial charge in [-0.15, -0.1) is 0 Å². The Balaban J connectivity index is 2.48. The minimum atomic E-state index is -0.363. The van der Waals surface area contributed by atoms with Crippen molar-refractivity contribution < 1.29 is 14.7 Å². The summed E-state index contributed by atoms with van der Waals surface area (Å²) in [4.78, 5) is 26.5. The molecule has 0 radical (unpaired) electrons. The minimum Gasteiger partial charge on any atom is -0.396 e. The molecular weight excluding hydrogens is 292 g/mol. The molecule has 0 saturated carbocycles. The number of aliphatic hydroxyl groups excluding tert-OH is 1. The number of hydrogen-bond donors (Lipinski definition) is 2. The molecule has 5 heteroatoms. The zero-order valence-corrected chi connectivity index (χ0v) is 15.4. The molecule has 0 atom stereocenters. The quantitative estimate of drug-likeness (QED) is 0.786. The van der Waals surface area contributed by atoms with Crippen molar-refractivity contribution in [3.05, 3.63) is 0 Å². The van der Waals surface area contributed by atoms with E-state index < -0.39 is 0 Å². The lowest BCUT2D eigenvalue weighted by Gasteiger charge is -2.36. The van der Waals surface area contributed by atoms with E-state index in [1.807, 2.05) is 39.5 Å². The van der Waals surface area contributed by atoms with Gasteiger partial charge in [0.05, 0.1) is 6.61 Å². The van der Waals surface area contributed by atoms with E-state index in [4.69, 9.17) is 0 Å². The molecule has 2 amide bonds. The molecule has 0 aliphatic carbocycles. The molecule has 2 N–H and O–H groups in total. The topological polar surface area (TPSA) is 69.6 Å². The molecule has 0 bridgehead atoms. The maximum absolute atomic E-state index is 12.4. The zero-order chi connectivity index (χ0) is 17.7. The van der Waals surface area contributed by atoms with Crippen molar-refractivity contribution in [3.8, 4) is 0 Å². The fourth-order valence-corrected chi connectivity index (χ4v) is 3.02. The van der Waals surface area contributed by atoms with Gasteiger partial charge in [0.15, 0.2) is 0 Å². The number of piperidine rings is 1. The van der Waals surface area contributed by atoms with Crippen molar-refractivity contribution in [1.29, 1.82) is 0 Å². The fourth-order valence-electron chi connectivity index (χ4n) is 3.02. The molecule has 134 valence electrons. The third-order valence-corrected chi connectivity index (χ3v) is 5.27. The van der Waals surface area contributed by atoms with Crippen molar-refractivity contribution in [2.24, 2.45) is 16.7 Å². The van der Waals surface area contributed by atoms with Crippen LogP contribution in [0.25, 0.3) is 0 Å². The Labute approximate surface area is 140 Å². The predicted octanol–water partition coefficient (Wildman–Crippen LogP) is 2.19. The van der Waals surface area contributed by atoms with E-state index in [1.165, 1.54) is 0 Å². The second-order valence-corrected chi connectivity index (χ2v) is 7.90. The van der Waals surface area contributed by atoms with Crippen LogP contribution in [-0.2, 0) is 9.59 Å². The number of rotatable bonds is 6. The second-order valence-electron chi connectivity index (χ2n) is 7.90. The fraction of sp³-hybridized carbons (Fsp3) is 0.889. The Kier molecular flexibility index (Phi) is 7.05. The maximum atomic E-state index is 12.4. The molecule has 0 spiro atoms. The van der Waals surface area contributed by atoms with Gasteiger partial charge in [0.2, 0.25) is 11.8 Å². The number of amides is 2. The first kappa shape index (κ1) is 19.9. The van der Waals surface area contributed by atoms with E-state index in [2.05, 4.69) is 5.32 Å². The van der Waals surface area contributed by atoms with E-state index in [-0.39, 0.29) is 35.2 Å². The van der Waals surface area contributed by atoms with Crippen LogP contribution >= 0.6 is 0 Å². The second kappa shape index (κ2) is 8.13. The third-order valence-electron chi connectivity index (χ3n) is 5.27. The van der Waals surface area contributed by atoms with Gasteiger partial charge in [-0.1, -0.05) is 34.6 Å². The van der Waals surface area contributed by atoms with Crippen molar-refractivity contribution in [2.75, 3.05) is 26.2 Å². The summed E-state index contributed by atoms with van der Waals surface area (Å²) in [6.07, 6.45) is 3.13. The normalized spacial score (nSPS) is 17.2. The highest BCUT2D eigenvalue weighted by Gasteiger charge is 2.33. The molecule has 0 aromatic carbocycles. The minimum absolute atomic E-state index is 0.0240. The number of likely N-dealkylation sites (tertiary alicyclic amines) is 1. The number of nitrogens with zero attached hydrogens (tertiary/aromatic N) is 1. The molecule has 0 aromatic heterocycles. The molecular formula is C18H34N2O3. The van der Waals surface area contributed by atoms with Crippen LogP contribution in [0.15, 0.2) is 0 Å². The van der Waals surface area contributed by atoms with E-state index in [9.17, 15) is 14.7 Å². The van der Waals surface area contributed by atoms with E-state index in [1.54, 1.807) is 0 Å². The van der Waals surface area contributed by atoms with Gasteiger partial charge < -0.3 is 15.3 Å². The highest BCUT2D eigenvalue weighted by molar-refractivity contribution is 5.82. The van der Waals surface area contributed by atoms with Gasteiger partial charge in [-0.05, 0) is 25.7 Å². The van der Waals surface area contributed by atoms with Crippen LogP contribution in [0.5, 0.6) is 0 Å². The molecule has 0 unspecified atom stereocenters. The lowest BCUT2D eigenvalue weighted by atomic mass is 9.83. The Morgan fingerprint density at radius 2 is 1.65 bits per heavy atom. The molecule has 5 nitrogen and oxygen atoms in total. The number of carbonyl (C=O) groups is 2. The molecule has 1 rings (SSSR count). The number of hydrogen-bond acceptors (Lipinski definition) is 3. The van der Waals surface area contributed by atoms with Crippen LogP contribution in [0.1, 0.15) is 60.3 Å². The summed E-state index contributed by atoms with van der Waals surface area (Å²) in [6, 6.07) is 0. The number of carbonyl (C=O) groups excluding carboxylic acids is 2. The van der Waals surface area contributed by atoms with Gasteiger partial charge in [-0.3, -0.25) is 9.59 Å². The van der Waals surface area contributed by atoms with Crippen LogP contribution in [0.3, 0.4) is 0 Å². The lowest BCUT2D eigenvalue weighted by Crippen LogP contribution is -2.48. The standard InChI is InChI=1S/C18H34N2O3/c1-6-18(7-2,13-21)12-19-15(22)14-8-10-20(11-9-14)16(23)17(3,4)5/h14,21H,6-13H2,1-5H3,(H,19,22). The van der Waals surface area contributed by atoms with Crippen LogP contribution < -0.4 is 5.32 Å². The van der Waals surface area contributed by atoms with Gasteiger partial charge >= 0.3 is 0 Å². The summed E-state index contributed by atoms with van der Waals surface area (Å²) in [5.74, 6) is 0.198. The highest BCUT2D eigenvalue weighted by Crippen LogP contribution is 2.26. The van der Waals surface area contributed by atoms with Gasteiger partial charge in [-0.25, -0.2) is 0 Å². The first-order valence-corrected chi connectivity index (χ1v) is 8.87. The Morgan fingerprint density at radius 3 is 2.04 bits per heavy atom. The summed E-state index contributed by atoms with van der Waals surface area (Å²) in [7, 11) is 0. The van der Waals surface area contributed by atoms with Crippen molar-refractivity contribution >= 4 is 11.8 Å². The van der Waals surface area contributed by atoms with Crippen molar-refractivity contribution in [1.82, 2.24) is 10.2 Å². The van der Waals surface area contributed by atoms with Gasteiger partial charge in [-0.2, -0.15) is 0 Å². The molecule has 1 saturated heterocycles. The summed E-state index contributed by atoms with van der Waals surface area (Å²) < 4.78 is 0. The average Bonchev–Trinajstić information content (AvgIpc) is 2.55. The molecule has 23 heavy (non-hydrogen) atoms. The number of aliphatic hydroxyl groups is 1. The third kappa shape index (κ3) is 5.20. The Morgan fingerprint density at radius 1 is 1.13 bits per heavy atom. The summed E-state index contributed by atoms with van der Waals surface area (Å²) in [5.41, 5.74) is -0.573. The van der Waals surface area contributed by atoms with Crippen molar-refractivity contribution in [3.63, 3.8) is 0 Å². The van der Waals surface area contributed by atoms with E-state index >= 15 is 0 Å². The summed E-state index contributed by atoms with van der Waals surface area (Å²) >= 11 is 0. The molecule has 1 heterocycles. The molecule has 1 aliphatic rings. The molecule has 1 aliphatic heterocycles. The monoisotopic (exact) mass is 326 g/mol. The highest BCUT2D eigenvalue weighted by atomic mass is 16.3. The maximum Gasteiger partial charge on any atom is 0.227 e. The first-order chi connectivity index (χ1) is 10.7. The first-order valence-electron chi connectivity index (χ1n) is 8.87. The van der Waals surface area contributed by atoms with Gasteiger partial charge in [0, 0.05) is 36.4 Å². The lowest BCUT2D eigenvalue weighted by molar-refractivity contribution is -0.142. The number of nitrogens with one attached hydrogen (secondary N) is 1. The van der Waals surface area contributed by atoms with Crippen LogP contribution in [0.4, 0.5) is 0 Å². The molecule has 0 aromatic rings. The summed E-state index contributed by atoms with van der Waals surface area (Å²) in [6.45, 7) is 11.8. The Hall–Kier alpha value is -1.10. The van der Waals surface area contributed by atoms with Gasteiger partial charge in [0.1, 0.15) is 0 Å². The van der Waals surface area contributed by atoms with Crippen LogP contribution in [0, 0.1) is 16.7 Å². The van der Waals surface area contributed by atoms with Crippen molar-refractivity contribution in [2.45, 2.75) is 60.3 Å². The largest absolute Gasteiger partial charge is 0.396 e. The Bertz CT molecular complexity index is 395. The smallest absolute Gasteiger partial charge is 0.227 e. The zero-order valence-electron chi connectivity index (χ0n) is 15.4. The van der Waals surface area contributed by atoms with E-state index in [0.717, 1.165) is 25.7 Å². The average molecular weight is 326 g/mol. The van der Waals surface area contributed by atoms with Gasteiger partial charge in [0.25, 0.3) is 0 Å². The SMILES string of the molecule is CCC(CC)(CO)CNC(=O)C1CCN(C(=O)C(C)(C)C)CC1. The van der Waals surface area contributed by atoms with Crippen LogP contribution in [-0.4, -0.2) is 48.1 Å². The molecule has 1 fully saturated rings. The van der Waals surface area contributed by atoms with E-state index in [0.29, 0.717) is 19.6 Å². The summed E-state index contributed by atoms with van der Waals surface area (Å²) in [5, 5.41) is 12.6. The van der Waals surface area contributed by atoms with Crippen LogP contribution in [0.2, 0.25) is 0 Å². The predicted molar refractivity (Wildman–Crippen MR) is 91.9 cm³/mol.